The SMILES string of the molecule is CC(C)[Si](O[C@@H]1CN(C(=O)OCc2ccccc2)C[C@H](O)[C@@H]1c1ccc(O)cc1)(C(C)C)C(C)C. The standard InChI is InChI=1S/C28H41NO5Si/c1-19(2)35(20(3)4,21(5)6)34-26-17-29(28(32)33-18-22-10-8-7-9-11-22)16-25(31)27(26)23-12-14-24(30)15-13-23/h7-15,19-21,25-27,30-31H,16-18H2,1-6H3/t25-,26+,27-/m0/s1. The number of aromatic hydroxyl groups is 1. The molecule has 1 aliphatic heterocycles. The summed E-state index contributed by atoms with van der Waals surface area (Å²) in [6.45, 7) is 14.1. The highest BCUT2D eigenvalue weighted by molar-refractivity contribution is 6.77. The predicted molar refractivity (Wildman–Crippen MR) is 141 cm³/mol. The Labute approximate surface area is 211 Å². The maximum Gasteiger partial charge on any atom is 0.410 e. The largest absolute Gasteiger partial charge is 0.508 e. The van der Waals surface area contributed by atoms with Crippen LogP contribution in [0.5, 0.6) is 5.75 Å². The highest BCUT2D eigenvalue weighted by Gasteiger charge is 2.50. The lowest BCUT2D eigenvalue weighted by molar-refractivity contribution is -0.0255. The minimum Gasteiger partial charge on any atom is -0.508 e. The number of phenolic OH excluding ortho intramolecular Hbond substituents is 1. The fourth-order valence-corrected chi connectivity index (χ4v) is 11.4. The second-order valence-electron chi connectivity index (χ2n) is 10.6. The Morgan fingerprint density at radius 3 is 2.06 bits per heavy atom. The van der Waals surface area contributed by atoms with Crippen LogP contribution in [0, 0.1) is 0 Å². The normalized spacial score (nSPS) is 21.1. The molecule has 1 fully saturated rings. The first-order valence-electron chi connectivity index (χ1n) is 12.7. The molecule has 1 saturated heterocycles. The summed E-state index contributed by atoms with van der Waals surface area (Å²) < 4.78 is 12.7. The molecule has 0 spiro atoms. The van der Waals surface area contributed by atoms with Crippen molar-refractivity contribution in [3.8, 4) is 5.75 Å². The van der Waals surface area contributed by atoms with E-state index in [9.17, 15) is 15.0 Å². The molecule has 2 N–H and O–H groups in total. The van der Waals surface area contributed by atoms with E-state index in [1.807, 2.05) is 42.5 Å². The van der Waals surface area contributed by atoms with Gasteiger partial charge in [-0.15, -0.1) is 0 Å². The van der Waals surface area contributed by atoms with E-state index in [1.165, 1.54) is 0 Å². The van der Waals surface area contributed by atoms with Crippen LogP contribution in [-0.2, 0) is 15.8 Å². The summed E-state index contributed by atoms with van der Waals surface area (Å²) in [5.74, 6) is -0.130. The van der Waals surface area contributed by atoms with E-state index in [1.54, 1.807) is 17.0 Å². The lowest BCUT2D eigenvalue weighted by Gasteiger charge is -2.49. The molecule has 1 aliphatic rings. The van der Waals surface area contributed by atoms with Gasteiger partial charge in [-0.25, -0.2) is 4.79 Å². The summed E-state index contributed by atoms with van der Waals surface area (Å²) >= 11 is 0. The number of phenols is 1. The lowest BCUT2D eigenvalue weighted by Crippen LogP contribution is -2.59. The van der Waals surface area contributed by atoms with Gasteiger partial charge in [0.15, 0.2) is 0 Å². The molecule has 7 heteroatoms. The number of aliphatic hydroxyl groups excluding tert-OH is 1. The van der Waals surface area contributed by atoms with Gasteiger partial charge in [0.25, 0.3) is 0 Å². The van der Waals surface area contributed by atoms with Crippen LogP contribution in [-0.4, -0.2) is 54.8 Å². The van der Waals surface area contributed by atoms with Gasteiger partial charge in [0.05, 0.1) is 18.8 Å². The van der Waals surface area contributed by atoms with Crippen molar-refractivity contribution >= 4 is 14.4 Å². The van der Waals surface area contributed by atoms with Crippen molar-refractivity contribution in [3.63, 3.8) is 0 Å². The number of carbonyl (C=O) groups is 1. The number of β-amino-alcohol motifs (C(OH)–C–C–N with tert-alkyl or cyclic N) is 1. The number of hydrogen-bond donors (Lipinski definition) is 2. The number of amides is 1. The molecule has 1 amide bonds. The third kappa shape index (κ3) is 6.08. The summed E-state index contributed by atoms with van der Waals surface area (Å²) in [7, 11) is -2.30. The van der Waals surface area contributed by atoms with Gasteiger partial charge in [0, 0.05) is 12.5 Å². The van der Waals surface area contributed by atoms with E-state index < -0.39 is 20.5 Å². The van der Waals surface area contributed by atoms with Crippen molar-refractivity contribution < 1.29 is 24.2 Å². The smallest absolute Gasteiger partial charge is 0.410 e. The van der Waals surface area contributed by atoms with Crippen molar-refractivity contribution in [1.29, 1.82) is 0 Å². The molecule has 192 valence electrons. The number of likely N-dealkylation sites (tertiary alicyclic amines) is 1. The Kier molecular flexibility index (Phi) is 9.02. The first kappa shape index (κ1) is 27.2. The Bertz CT molecular complexity index is 926. The van der Waals surface area contributed by atoms with Crippen molar-refractivity contribution in [2.45, 2.75) is 82.9 Å². The quantitative estimate of drug-likeness (QED) is 0.432. The number of benzene rings is 2. The summed E-state index contributed by atoms with van der Waals surface area (Å²) in [5.41, 5.74) is 2.90. The highest BCUT2D eigenvalue weighted by Crippen LogP contribution is 2.45. The molecule has 0 bridgehead atoms. The van der Waals surface area contributed by atoms with Gasteiger partial charge in [-0.1, -0.05) is 84.0 Å². The zero-order chi connectivity index (χ0) is 25.8. The van der Waals surface area contributed by atoms with Crippen molar-refractivity contribution in [2.24, 2.45) is 0 Å². The second kappa shape index (κ2) is 11.6. The van der Waals surface area contributed by atoms with Crippen molar-refractivity contribution in [1.82, 2.24) is 4.90 Å². The van der Waals surface area contributed by atoms with Crippen LogP contribution < -0.4 is 0 Å². The molecule has 0 aliphatic carbocycles. The van der Waals surface area contributed by atoms with E-state index in [2.05, 4.69) is 41.5 Å². The van der Waals surface area contributed by atoms with Crippen LogP contribution in [0.2, 0.25) is 16.6 Å². The maximum atomic E-state index is 13.0. The fraction of sp³-hybridized carbons (Fsp3) is 0.536. The average Bonchev–Trinajstić information content (AvgIpc) is 2.81. The number of aliphatic hydroxyl groups is 1. The number of hydrogen-bond acceptors (Lipinski definition) is 5. The minimum absolute atomic E-state index is 0.165. The molecule has 0 saturated carbocycles. The lowest BCUT2D eigenvalue weighted by atomic mass is 9.85. The second-order valence-corrected chi connectivity index (χ2v) is 16.0. The van der Waals surface area contributed by atoms with Gasteiger partial charge >= 0.3 is 6.09 Å². The minimum atomic E-state index is -2.30. The van der Waals surface area contributed by atoms with Gasteiger partial charge in [-0.2, -0.15) is 0 Å². The number of nitrogens with zero attached hydrogens (tertiary/aromatic N) is 1. The molecule has 35 heavy (non-hydrogen) atoms. The van der Waals surface area contributed by atoms with Crippen LogP contribution in [0.1, 0.15) is 58.6 Å². The monoisotopic (exact) mass is 499 g/mol. The molecule has 3 rings (SSSR count). The first-order valence-corrected chi connectivity index (χ1v) is 14.8. The molecule has 3 atom stereocenters. The van der Waals surface area contributed by atoms with Crippen molar-refractivity contribution in [2.75, 3.05) is 13.1 Å². The molecule has 6 nitrogen and oxygen atoms in total. The van der Waals surface area contributed by atoms with E-state index in [0.717, 1.165) is 11.1 Å². The van der Waals surface area contributed by atoms with Crippen LogP contribution in [0.25, 0.3) is 0 Å². The van der Waals surface area contributed by atoms with Gasteiger partial charge in [-0.05, 0) is 39.9 Å². The summed E-state index contributed by atoms with van der Waals surface area (Å²) in [6.07, 6.45) is -1.65. The van der Waals surface area contributed by atoms with E-state index in [-0.39, 0.29) is 30.9 Å². The van der Waals surface area contributed by atoms with E-state index in [0.29, 0.717) is 23.2 Å². The number of ether oxygens (including phenoxy) is 1. The van der Waals surface area contributed by atoms with Gasteiger partial charge in [-0.3, -0.25) is 0 Å². The van der Waals surface area contributed by atoms with Gasteiger partial charge in [0.1, 0.15) is 12.4 Å². The average molecular weight is 500 g/mol. The van der Waals surface area contributed by atoms with Gasteiger partial charge < -0.3 is 24.3 Å². The number of rotatable bonds is 8. The Hall–Kier alpha value is -2.35. The Balaban J connectivity index is 1.90. The molecule has 0 unspecified atom stereocenters. The Morgan fingerprint density at radius 2 is 1.51 bits per heavy atom. The molecule has 1 heterocycles. The maximum absolute atomic E-state index is 13.0. The summed E-state index contributed by atoms with van der Waals surface area (Å²) in [5, 5.41) is 21.1. The highest BCUT2D eigenvalue weighted by atomic mass is 28.4. The molecular formula is C28H41NO5Si. The Morgan fingerprint density at radius 1 is 0.943 bits per heavy atom. The fourth-order valence-electron chi connectivity index (χ4n) is 5.87. The van der Waals surface area contributed by atoms with Gasteiger partial charge in [0.2, 0.25) is 8.32 Å². The van der Waals surface area contributed by atoms with Crippen LogP contribution in [0.15, 0.2) is 54.6 Å². The first-order chi connectivity index (χ1) is 16.6. The molecule has 2 aromatic carbocycles. The molecule has 0 radical (unpaired) electrons. The number of carbonyl (C=O) groups excluding carboxylic acids is 1. The zero-order valence-electron chi connectivity index (χ0n) is 21.8. The van der Waals surface area contributed by atoms with Crippen molar-refractivity contribution in [3.05, 3.63) is 65.7 Å². The third-order valence-corrected chi connectivity index (χ3v) is 13.6. The molecule has 0 aromatic heterocycles. The van der Waals surface area contributed by atoms with Crippen LogP contribution in [0.4, 0.5) is 4.79 Å². The zero-order valence-corrected chi connectivity index (χ0v) is 22.8. The third-order valence-electron chi connectivity index (χ3n) is 7.43. The number of piperidine rings is 1. The molecule has 2 aromatic rings. The predicted octanol–water partition coefficient (Wildman–Crippen LogP) is 6.05. The topological polar surface area (TPSA) is 79.2 Å². The van der Waals surface area contributed by atoms with Crippen LogP contribution in [0.3, 0.4) is 0 Å². The van der Waals surface area contributed by atoms with E-state index in [4.69, 9.17) is 9.16 Å². The van der Waals surface area contributed by atoms with E-state index >= 15 is 0 Å². The summed E-state index contributed by atoms with van der Waals surface area (Å²) in [4.78, 5) is 14.6. The van der Waals surface area contributed by atoms with Crippen LogP contribution >= 0.6 is 0 Å². The molecular weight excluding hydrogens is 458 g/mol. The summed E-state index contributed by atoms with van der Waals surface area (Å²) in [6, 6.07) is 16.5.